The number of nitrogens with zero attached hydrogens (tertiary/aromatic N) is 2. The summed E-state index contributed by atoms with van der Waals surface area (Å²) in [6, 6.07) is 4.42. The van der Waals surface area contributed by atoms with Crippen LogP contribution in [-0.2, 0) is 9.59 Å². The first-order chi connectivity index (χ1) is 14.4. The first kappa shape index (κ1) is 19.2. The number of carbonyl (C=O) groups excluding carboxylic acids is 4. The summed E-state index contributed by atoms with van der Waals surface area (Å²) in [5, 5.41) is 2.23. The SMILES string of the molecule is NCC12CCCCC1CN(c1ccc3c(c1)C(=O)N(C1CCC(=O)NC1=O)C3=O)C2. The predicted octanol–water partition coefficient (Wildman–Crippen LogP) is 1.04. The van der Waals surface area contributed by atoms with E-state index in [9.17, 15) is 19.2 Å². The molecule has 3 N–H and O–H groups in total. The van der Waals surface area contributed by atoms with Crippen molar-refractivity contribution in [2.24, 2.45) is 17.1 Å². The Labute approximate surface area is 174 Å². The fraction of sp³-hybridized carbons (Fsp3) is 0.545. The lowest BCUT2D eigenvalue weighted by atomic mass is 9.68. The van der Waals surface area contributed by atoms with Gasteiger partial charge in [-0.1, -0.05) is 12.8 Å². The van der Waals surface area contributed by atoms with Gasteiger partial charge in [0.2, 0.25) is 11.8 Å². The number of benzene rings is 1. The third-order valence-corrected chi connectivity index (χ3v) is 7.48. The average Bonchev–Trinajstić information content (AvgIpc) is 3.25. The molecule has 1 saturated carbocycles. The van der Waals surface area contributed by atoms with E-state index < -0.39 is 23.8 Å². The largest absolute Gasteiger partial charge is 0.371 e. The van der Waals surface area contributed by atoms with Crippen molar-refractivity contribution < 1.29 is 19.2 Å². The lowest BCUT2D eigenvalue weighted by Crippen LogP contribution is -2.54. The standard InChI is InChI=1S/C22H26N4O4/c23-11-22-8-2-1-3-13(22)10-25(12-22)14-4-5-15-16(9-14)21(30)26(20(15)29)17-6-7-18(27)24-19(17)28/h4-5,9,13,17H,1-3,6-8,10-12,23H2,(H,24,27,28). The maximum atomic E-state index is 13.1. The molecule has 5 rings (SSSR count). The number of amides is 4. The van der Waals surface area contributed by atoms with Crippen LogP contribution in [0.2, 0.25) is 0 Å². The Morgan fingerprint density at radius 2 is 1.87 bits per heavy atom. The van der Waals surface area contributed by atoms with Crippen LogP contribution in [0.15, 0.2) is 18.2 Å². The van der Waals surface area contributed by atoms with E-state index in [0.717, 1.165) is 30.1 Å². The molecule has 0 radical (unpaired) electrons. The van der Waals surface area contributed by atoms with Crippen molar-refractivity contribution >= 4 is 29.3 Å². The quantitative estimate of drug-likeness (QED) is 0.720. The van der Waals surface area contributed by atoms with Crippen molar-refractivity contribution in [1.82, 2.24) is 10.2 Å². The zero-order chi connectivity index (χ0) is 21.0. The molecule has 3 fully saturated rings. The summed E-state index contributed by atoms with van der Waals surface area (Å²) in [7, 11) is 0. The van der Waals surface area contributed by atoms with Gasteiger partial charge in [0.25, 0.3) is 11.8 Å². The number of carbonyl (C=O) groups is 4. The molecule has 1 aliphatic carbocycles. The van der Waals surface area contributed by atoms with Crippen molar-refractivity contribution in [1.29, 1.82) is 0 Å². The number of piperidine rings is 1. The molecule has 3 aliphatic heterocycles. The molecule has 1 aromatic rings. The van der Waals surface area contributed by atoms with Gasteiger partial charge in [0.05, 0.1) is 11.1 Å². The lowest BCUT2D eigenvalue weighted by molar-refractivity contribution is -0.136. The van der Waals surface area contributed by atoms with Gasteiger partial charge in [0, 0.05) is 30.6 Å². The second-order valence-electron chi connectivity index (χ2n) is 9.07. The smallest absolute Gasteiger partial charge is 0.262 e. The minimum atomic E-state index is -0.936. The molecule has 3 unspecified atom stereocenters. The number of rotatable bonds is 3. The monoisotopic (exact) mass is 410 g/mol. The number of anilines is 1. The molecule has 0 bridgehead atoms. The van der Waals surface area contributed by atoms with Crippen LogP contribution >= 0.6 is 0 Å². The van der Waals surface area contributed by atoms with Crippen molar-refractivity contribution in [3.05, 3.63) is 29.3 Å². The predicted molar refractivity (Wildman–Crippen MR) is 109 cm³/mol. The molecule has 4 aliphatic rings. The molecule has 3 atom stereocenters. The van der Waals surface area contributed by atoms with Crippen LogP contribution in [0, 0.1) is 11.3 Å². The zero-order valence-electron chi connectivity index (χ0n) is 16.9. The molecule has 0 aromatic heterocycles. The van der Waals surface area contributed by atoms with Gasteiger partial charge in [-0.05, 0) is 49.9 Å². The van der Waals surface area contributed by atoms with Crippen LogP contribution in [0.3, 0.4) is 0 Å². The highest BCUT2D eigenvalue weighted by atomic mass is 16.2. The fourth-order valence-corrected chi connectivity index (χ4v) is 5.77. The minimum Gasteiger partial charge on any atom is -0.371 e. The Kier molecular flexibility index (Phi) is 4.43. The van der Waals surface area contributed by atoms with Crippen molar-refractivity contribution in [3.8, 4) is 0 Å². The molecule has 3 heterocycles. The molecule has 30 heavy (non-hydrogen) atoms. The summed E-state index contributed by atoms with van der Waals surface area (Å²) in [5.74, 6) is -1.34. The number of nitrogens with one attached hydrogen (secondary N) is 1. The minimum absolute atomic E-state index is 0.116. The Bertz CT molecular complexity index is 960. The summed E-state index contributed by atoms with van der Waals surface area (Å²) in [4.78, 5) is 52.9. The van der Waals surface area contributed by atoms with Crippen LogP contribution in [-0.4, -0.2) is 54.2 Å². The summed E-state index contributed by atoms with van der Waals surface area (Å²) in [5.41, 5.74) is 7.88. The summed E-state index contributed by atoms with van der Waals surface area (Å²) < 4.78 is 0. The second kappa shape index (κ2) is 6.91. The van der Waals surface area contributed by atoms with Gasteiger partial charge < -0.3 is 10.6 Å². The van der Waals surface area contributed by atoms with Crippen LogP contribution in [0.25, 0.3) is 0 Å². The molecule has 8 heteroatoms. The van der Waals surface area contributed by atoms with E-state index in [4.69, 9.17) is 5.73 Å². The third kappa shape index (κ3) is 2.77. The van der Waals surface area contributed by atoms with Crippen molar-refractivity contribution in [2.75, 3.05) is 24.5 Å². The topological polar surface area (TPSA) is 113 Å². The number of nitrogens with two attached hydrogens (primary N) is 1. The normalized spacial score (nSPS) is 31.1. The molecule has 1 aromatic carbocycles. The highest BCUT2D eigenvalue weighted by Gasteiger charge is 2.48. The molecule has 4 amide bonds. The maximum absolute atomic E-state index is 13.1. The summed E-state index contributed by atoms with van der Waals surface area (Å²) in [6.45, 7) is 2.45. The van der Waals surface area contributed by atoms with Gasteiger partial charge in [-0.3, -0.25) is 29.4 Å². The highest BCUT2D eigenvalue weighted by molar-refractivity contribution is 6.23. The average molecular weight is 410 g/mol. The Balaban J connectivity index is 1.42. The van der Waals surface area contributed by atoms with E-state index in [1.54, 1.807) is 12.1 Å². The van der Waals surface area contributed by atoms with E-state index in [0.29, 0.717) is 23.6 Å². The molecular formula is C22H26N4O4. The molecule has 158 valence electrons. The first-order valence-electron chi connectivity index (χ1n) is 10.7. The molecule has 0 spiro atoms. The Morgan fingerprint density at radius 1 is 1.07 bits per heavy atom. The molecular weight excluding hydrogens is 384 g/mol. The lowest BCUT2D eigenvalue weighted by Gasteiger charge is -2.37. The Hall–Kier alpha value is -2.74. The van der Waals surface area contributed by atoms with Gasteiger partial charge in [0.1, 0.15) is 6.04 Å². The fourth-order valence-electron chi connectivity index (χ4n) is 5.77. The number of hydrogen-bond donors (Lipinski definition) is 2. The van der Waals surface area contributed by atoms with Crippen molar-refractivity contribution in [2.45, 2.75) is 44.6 Å². The van der Waals surface area contributed by atoms with Gasteiger partial charge in [-0.2, -0.15) is 0 Å². The summed E-state index contributed by atoms with van der Waals surface area (Å²) in [6.07, 6.45) is 5.04. The van der Waals surface area contributed by atoms with E-state index in [1.807, 2.05) is 6.07 Å². The van der Waals surface area contributed by atoms with Crippen LogP contribution in [0.4, 0.5) is 5.69 Å². The highest BCUT2D eigenvalue weighted by Crippen LogP contribution is 2.47. The first-order valence-corrected chi connectivity index (χ1v) is 10.7. The van der Waals surface area contributed by atoms with Gasteiger partial charge in [-0.15, -0.1) is 0 Å². The second-order valence-corrected chi connectivity index (χ2v) is 9.07. The van der Waals surface area contributed by atoms with E-state index in [2.05, 4.69) is 10.2 Å². The van der Waals surface area contributed by atoms with E-state index >= 15 is 0 Å². The van der Waals surface area contributed by atoms with Crippen LogP contribution in [0.1, 0.15) is 59.2 Å². The van der Waals surface area contributed by atoms with Crippen LogP contribution in [0.5, 0.6) is 0 Å². The van der Waals surface area contributed by atoms with Gasteiger partial charge in [-0.25, -0.2) is 0 Å². The number of hydrogen-bond acceptors (Lipinski definition) is 6. The number of fused-ring (bicyclic) bond motifs is 2. The van der Waals surface area contributed by atoms with Gasteiger partial charge >= 0.3 is 0 Å². The number of imide groups is 2. The van der Waals surface area contributed by atoms with E-state index in [1.165, 1.54) is 19.3 Å². The zero-order valence-corrected chi connectivity index (χ0v) is 16.9. The van der Waals surface area contributed by atoms with E-state index in [-0.39, 0.29) is 24.2 Å². The molecule has 2 saturated heterocycles. The van der Waals surface area contributed by atoms with Crippen LogP contribution < -0.4 is 16.0 Å². The summed E-state index contributed by atoms with van der Waals surface area (Å²) >= 11 is 0. The maximum Gasteiger partial charge on any atom is 0.262 e. The van der Waals surface area contributed by atoms with Gasteiger partial charge in [0.15, 0.2) is 0 Å². The third-order valence-electron chi connectivity index (χ3n) is 7.48. The van der Waals surface area contributed by atoms with Crippen molar-refractivity contribution in [3.63, 3.8) is 0 Å². The molecule has 8 nitrogen and oxygen atoms in total. The Morgan fingerprint density at radius 3 is 2.60 bits per heavy atom.